The number of amides is 2. The van der Waals surface area contributed by atoms with E-state index in [-0.39, 0.29) is 30.3 Å². The van der Waals surface area contributed by atoms with E-state index in [1.807, 2.05) is 98.0 Å². The van der Waals surface area contributed by atoms with Gasteiger partial charge in [0.2, 0.25) is 0 Å². The molecule has 1 aromatic carbocycles. The van der Waals surface area contributed by atoms with E-state index in [0.717, 1.165) is 11.1 Å². The van der Waals surface area contributed by atoms with Crippen molar-refractivity contribution in [3.8, 4) is 11.3 Å². The summed E-state index contributed by atoms with van der Waals surface area (Å²) in [7, 11) is 0. The summed E-state index contributed by atoms with van der Waals surface area (Å²) < 4.78 is 27.0. The summed E-state index contributed by atoms with van der Waals surface area (Å²) in [5.74, 6) is -0.613. The van der Waals surface area contributed by atoms with Gasteiger partial charge in [-0.15, -0.1) is 0 Å². The zero-order valence-corrected chi connectivity index (χ0v) is 32.7. The first-order chi connectivity index (χ1) is 25.5. The number of benzene rings is 1. The topological polar surface area (TPSA) is 160 Å². The highest BCUT2D eigenvalue weighted by Crippen LogP contribution is 2.49. The lowest BCUT2D eigenvalue weighted by molar-refractivity contribution is -0.160. The number of ether oxygens (including phenoxy) is 4. The van der Waals surface area contributed by atoms with Crippen molar-refractivity contribution in [1.82, 2.24) is 34.3 Å². The van der Waals surface area contributed by atoms with Crippen LogP contribution in [-0.4, -0.2) is 102 Å². The Morgan fingerprint density at radius 3 is 2.22 bits per heavy atom. The van der Waals surface area contributed by atoms with Crippen LogP contribution in [-0.2, 0) is 25.4 Å². The fraction of sp³-hybridized carbons (Fsp3) is 0.550. The molecule has 2 amide bonds. The van der Waals surface area contributed by atoms with Gasteiger partial charge in [0.1, 0.15) is 41.4 Å². The van der Waals surface area contributed by atoms with Gasteiger partial charge in [0.15, 0.2) is 5.79 Å². The Kier molecular flexibility index (Phi) is 11.2. The van der Waals surface area contributed by atoms with Crippen molar-refractivity contribution in [1.29, 1.82) is 0 Å². The molecule has 54 heavy (non-hydrogen) atoms. The molecule has 3 aromatic heterocycles. The van der Waals surface area contributed by atoms with E-state index in [1.165, 1.54) is 12.7 Å². The molecule has 4 atom stereocenters. The number of hydrogen-bond acceptors (Lipinski definition) is 11. The Labute approximate surface area is 317 Å². The second-order valence-electron chi connectivity index (χ2n) is 16.6. The average molecular weight is 743 g/mol. The number of anilines is 1. The average Bonchev–Trinajstić information content (AvgIpc) is 3.74. The maximum Gasteiger partial charge on any atom is 0.410 e. The van der Waals surface area contributed by atoms with Gasteiger partial charge in [0, 0.05) is 50.1 Å². The Morgan fingerprint density at radius 2 is 1.56 bits per heavy atom. The summed E-state index contributed by atoms with van der Waals surface area (Å²) in [4.78, 5) is 48.2. The first-order valence-corrected chi connectivity index (χ1v) is 18.7. The highest BCUT2D eigenvalue weighted by Gasteiger charge is 2.55. The standard InChI is InChI=1S/C40H54N8O6/c1-38(2,3)53-36(49)46(20-16-26-13-10-9-11-14-26)18-12-19-47(37(50)54-39(4,5)6)22-27-21-30(33-32(27)51-40(7,8)52-33)48-23-28(29-15-17-42-24-43-29)31-34(41)44-25-45-35(31)48/h9-11,13-15,17,23-25,27,30,32-33H,12,16,18-22H2,1-8H3,(H2,41,44,45)/t27-,30-,32-,33+/m1/s1. The Hall–Kier alpha value is -4.82. The van der Waals surface area contributed by atoms with Crippen molar-refractivity contribution in [2.24, 2.45) is 5.92 Å². The van der Waals surface area contributed by atoms with E-state index < -0.39 is 23.1 Å². The van der Waals surface area contributed by atoms with E-state index in [4.69, 9.17) is 24.7 Å². The molecule has 2 fully saturated rings. The minimum Gasteiger partial charge on any atom is -0.444 e. The predicted octanol–water partition coefficient (Wildman–Crippen LogP) is 6.66. The molecule has 6 rings (SSSR count). The number of nitrogen functional groups attached to an aromatic ring is 1. The molecule has 1 aliphatic heterocycles. The van der Waals surface area contributed by atoms with E-state index in [1.54, 1.807) is 16.0 Å². The second kappa shape index (κ2) is 15.5. The molecule has 4 aromatic rings. The molecule has 14 heteroatoms. The van der Waals surface area contributed by atoms with Crippen LogP contribution in [0.1, 0.15) is 79.8 Å². The summed E-state index contributed by atoms with van der Waals surface area (Å²) in [6.45, 7) is 16.6. The quantitative estimate of drug-likeness (QED) is 0.175. The molecular weight excluding hydrogens is 688 g/mol. The smallest absolute Gasteiger partial charge is 0.410 e. The van der Waals surface area contributed by atoms with Gasteiger partial charge < -0.3 is 39.0 Å². The highest BCUT2D eigenvalue weighted by atomic mass is 16.8. The Morgan fingerprint density at radius 1 is 0.889 bits per heavy atom. The van der Waals surface area contributed by atoms with Crippen LogP contribution in [0.5, 0.6) is 0 Å². The number of hydrogen-bond donors (Lipinski definition) is 1. The molecule has 0 spiro atoms. The molecule has 2 N–H and O–H groups in total. The molecule has 2 aliphatic rings. The minimum atomic E-state index is -0.845. The monoisotopic (exact) mass is 742 g/mol. The van der Waals surface area contributed by atoms with Crippen molar-refractivity contribution in [2.45, 2.75) is 110 Å². The minimum absolute atomic E-state index is 0.117. The number of nitrogens with zero attached hydrogens (tertiary/aromatic N) is 7. The molecule has 290 valence electrons. The van der Waals surface area contributed by atoms with Crippen molar-refractivity contribution >= 4 is 29.0 Å². The molecule has 1 aliphatic carbocycles. The summed E-state index contributed by atoms with van der Waals surface area (Å²) in [5, 5.41) is 0.701. The zero-order valence-electron chi connectivity index (χ0n) is 32.7. The van der Waals surface area contributed by atoms with Crippen LogP contribution in [0.4, 0.5) is 15.4 Å². The first kappa shape index (κ1) is 38.9. The van der Waals surface area contributed by atoms with Gasteiger partial charge in [-0.3, -0.25) is 0 Å². The van der Waals surface area contributed by atoms with Crippen LogP contribution >= 0.6 is 0 Å². The molecule has 1 saturated carbocycles. The van der Waals surface area contributed by atoms with Crippen molar-refractivity contribution in [3.63, 3.8) is 0 Å². The molecule has 14 nitrogen and oxygen atoms in total. The Balaban J connectivity index is 1.25. The summed E-state index contributed by atoms with van der Waals surface area (Å²) in [5.41, 5.74) is 8.38. The second-order valence-corrected chi connectivity index (χ2v) is 16.6. The van der Waals surface area contributed by atoms with E-state index >= 15 is 0 Å². The lowest BCUT2D eigenvalue weighted by Gasteiger charge is -2.32. The fourth-order valence-electron chi connectivity index (χ4n) is 7.36. The number of carbonyl (C=O) groups is 2. The molecule has 0 bridgehead atoms. The van der Waals surface area contributed by atoms with Gasteiger partial charge in [0.25, 0.3) is 0 Å². The molecule has 0 unspecified atom stereocenters. The van der Waals surface area contributed by atoms with Gasteiger partial charge in [-0.05, 0) is 86.3 Å². The van der Waals surface area contributed by atoms with Gasteiger partial charge in [-0.1, -0.05) is 30.3 Å². The Bertz CT molecular complexity index is 1910. The molecular formula is C40H54N8O6. The van der Waals surface area contributed by atoms with Gasteiger partial charge in [-0.2, -0.15) is 0 Å². The third-order valence-electron chi connectivity index (χ3n) is 9.53. The van der Waals surface area contributed by atoms with E-state index in [0.29, 0.717) is 68.0 Å². The van der Waals surface area contributed by atoms with Crippen LogP contribution in [0.3, 0.4) is 0 Å². The van der Waals surface area contributed by atoms with Gasteiger partial charge in [0.05, 0.1) is 23.2 Å². The van der Waals surface area contributed by atoms with Crippen LogP contribution in [0.2, 0.25) is 0 Å². The molecule has 4 heterocycles. The number of nitrogens with two attached hydrogens (primary N) is 1. The normalized spacial score (nSPS) is 20.8. The van der Waals surface area contributed by atoms with Gasteiger partial charge >= 0.3 is 12.2 Å². The number of fused-ring (bicyclic) bond motifs is 2. The van der Waals surface area contributed by atoms with Crippen molar-refractivity contribution < 1.29 is 28.5 Å². The van der Waals surface area contributed by atoms with Crippen molar-refractivity contribution in [3.05, 3.63) is 67.0 Å². The summed E-state index contributed by atoms with van der Waals surface area (Å²) in [6.07, 6.45) is 7.00. The van der Waals surface area contributed by atoms with Crippen LogP contribution in [0, 0.1) is 5.92 Å². The summed E-state index contributed by atoms with van der Waals surface area (Å²) >= 11 is 0. The molecule has 1 saturated heterocycles. The van der Waals surface area contributed by atoms with Crippen LogP contribution in [0.25, 0.3) is 22.3 Å². The zero-order chi connectivity index (χ0) is 38.8. The number of rotatable bonds is 11. The van der Waals surface area contributed by atoms with Crippen LogP contribution < -0.4 is 5.73 Å². The first-order valence-electron chi connectivity index (χ1n) is 18.7. The lowest BCUT2D eigenvalue weighted by Crippen LogP contribution is -2.44. The fourth-order valence-corrected chi connectivity index (χ4v) is 7.36. The third kappa shape index (κ3) is 9.27. The van der Waals surface area contributed by atoms with E-state index in [9.17, 15) is 9.59 Å². The molecule has 0 radical (unpaired) electrons. The SMILES string of the molecule is CC(C)(C)OC(=O)N(CCCN(C[C@H]1C[C@@H](n2cc(-c3ccncn3)c3c(N)ncnc32)[C@@H]2OC(C)(C)O[C@H]12)C(=O)OC(C)(C)C)CCc1ccccc1. The summed E-state index contributed by atoms with van der Waals surface area (Å²) in [6, 6.07) is 11.7. The number of carbonyl (C=O) groups excluding carboxylic acids is 2. The lowest BCUT2D eigenvalue weighted by atomic mass is 10.0. The predicted molar refractivity (Wildman–Crippen MR) is 204 cm³/mol. The van der Waals surface area contributed by atoms with Gasteiger partial charge in [-0.25, -0.2) is 29.5 Å². The number of aromatic nitrogens is 5. The third-order valence-corrected chi connectivity index (χ3v) is 9.53. The highest BCUT2D eigenvalue weighted by molar-refractivity contribution is 5.99. The van der Waals surface area contributed by atoms with Crippen LogP contribution in [0.15, 0.2) is 61.4 Å². The largest absolute Gasteiger partial charge is 0.444 e. The van der Waals surface area contributed by atoms with E-state index in [2.05, 4.69) is 24.5 Å². The maximum atomic E-state index is 13.9. The van der Waals surface area contributed by atoms with Crippen molar-refractivity contribution in [2.75, 3.05) is 31.9 Å². The maximum absolute atomic E-state index is 13.9.